The molecule has 0 aromatic rings. The maximum Gasteiger partial charge on any atom is 0.0763 e. The highest BCUT2D eigenvalue weighted by Gasteiger charge is 2.05. The SMILES string of the molecule is CCCCCN(C)CC(O)CBr. The molecule has 0 amide bonds. The Labute approximate surface area is 84.1 Å². The van der Waals surface area contributed by atoms with Gasteiger partial charge in [0.15, 0.2) is 0 Å². The van der Waals surface area contributed by atoms with Crippen LogP contribution in [0.2, 0.25) is 0 Å². The van der Waals surface area contributed by atoms with Gasteiger partial charge in [0.05, 0.1) is 6.10 Å². The van der Waals surface area contributed by atoms with Crippen LogP contribution in [0.4, 0.5) is 0 Å². The molecule has 3 heteroatoms. The summed E-state index contributed by atoms with van der Waals surface area (Å²) in [6.45, 7) is 4.07. The van der Waals surface area contributed by atoms with Crippen LogP contribution in [0.15, 0.2) is 0 Å². The van der Waals surface area contributed by atoms with Crippen LogP contribution in [0.1, 0.15) is 26.2 Å². The minimum Gasteiger partial charge on any atom is -0.391 e. The molecule has 0 aromatic carbocycles. The molecule has 0 aliphatic carbocycles. The fourth-order valence-electron chi connectivity index (χ4n) is 1.13. The van der Waals surface area contributed by atoms with Crippen molar-refractivity contribution in [2.45, 2.75) is 32.3 Å². The second-order valence-corrected chi connectivity index (χ2v) is 3.92. The lowest BCUT2D eigenvalue weighted by Gasteiger charge is -2.18. The molecule has 0 aliphatic heterocycles. The number of alkyl halides is 1. The van der Waals surface area contributed by atoms with Gasteiger partial charge in [-0.2, -0.15) is 0 Å². The highest BCUT2D eigenvalue weighted by Crippen LogP contribution is 1.98. The van der Waals surface area contributed by atoms with Crippen LogP contribution in [-0.2, 0) is 0 Å². The van der Waals surface area contributed by atoms with E-state index in [1.165, 1.54) is 19.3 Å². The summed E-state index contributed by atoms with van der Waals surface area (Å²) >= 11 is 3.25. The van der Waals surface area contributed by atoms with Gasteiger partial charge in [0.2, 0.25) is 0 Å². The van der Waals surface area contributed by atoms with E-state index in [1.54, 1.807) is 0 Å². The molecule has 0 rings (SSSR count). The fraction of sp³-hybridized carbons (Fsp3) is 1.00. The third-order valence-corrected chi connectivity index (χ3v) is 2.59. The van der Waals surface area contributed by atoms with E-state index >= 15 is 0 Å². The van der Waals surface area contributed by atoms with Crippen molar-refractivity contribution in [1.29, 1.82) is 0 Å². The minimum atomic E-state index is -0.225. The van der Waals surface area contributed by atoms with Crippen LogP contribution in [0.25, 0.3) is 0 Å². The summed E-state index contributed by atoms with van der Waals surface area (Å²) in [6.07, 6.45) is 3.56. The largest absolute Gasteiger partial charge is 0.391 e. The summed E-state index contributed by atoms with van der Waals surface area (Å²) < 4.78 is 0. The first-order valence-corrected chi connectivity index (χ1v) is 5.75. The third-order valence-electron chi connectivity index (χ3n) is 1.84. The van der Waals surface area contributed by atoms with E-state index in [2.05, 4.69) is 34.8 Å². The average Bonchev–Trinajstić information content (AvgIpc) is 2.05. The van der Waals surface area contributed by atoms with Crippen LogP contribution < -0.4 is 0 Å². The summed E-state index contributed by atoms with van der Waals surface area (Å²) in [5, 5.41) is 9.97. The van der Waals surface area contributed by atoms with E-state index < -0.39 is 0 Å². The number of aliphatic hydroxyl groups is 1. The Balaban J connectivity index is 3.26. The molecule has 12 heavy (non-hydrogen) atoms. The molecule has 0 radical (unpaired) electrons. The number of nitrogens with zero attached hydrogens (tertiary/aromatic N) is 1. The molecule has 1 atom stereocenters. The number of hydrogen-bond donors (Lipinski definition) is 1. The summed E-state index contributed by atoms with van der Waals surface area (Å²) in [4.78, 5) is 2.18. The van der Waals surface area contributed by atoms with Gasteiger partial charge in [-0.25, -0.2) is 0 Å². The lowest BCUT2D eigenvalue weighted by molar-refractivity contribution is 0.145. The summed E-state index contributed by atoms with van der Waals surface area (Å²) in [7, 11) is 2.06. The molecule has 0 aliphatic rings. The number of rotatable bonds is 7. The van der Waals surface area contributed by atoms with E-state index in [0.717, 1.165) is 13.1 Å². The smallest absolute Gasteiger partial charge is 0.0763 e. The Morgan fingerprint density at radius 2 is 2.08 bits per heavy atom. The Bertz CT molecular complexity index is 101. The van der Waals surface area contributed by atoms with Crippen molar-refractivity contribution in [1.82, 2.24) is 4.90 Å². The molecule has 0 saturated heterocycles. The van der Waals surface area contributed by atoms with E-state index in [4.69, 9.17) is 0 Å². The first kappa shape index (κ1) is 12.4. The Morgan fingerprint density at radius 1 is 1.42 bits per heavy atom. The molecule has 0 saturated carbocycles. The predicted molar refractivity (Wildman–Crippen MR) is 56.8 cm³/mol. The highest BCUT2D eigenvalue weighted by atomic mass is 79.9. The number of halogens is 1. The molecule has 2 nitrogen and oxygen atoms in total. The summed E-state index contributed by atoms with van der Waals surface area (Å²) in [5.74, 6) is 0. The zero-order valence-electron chi connectivity index (χ0n) is 8.09. The molecule has 1 N–H and O–H groups in total. The normalized spacial score (nSPS) is 13.8. The van der Waals surface area contributed by atoms with Gasteiger partial charge in [0.1, 0.15) is 0 Å². The number of likely N-dealkylation sites (N-methyl/N-ethyl adjacent to an activating group) is 1. The standard InChI is InChI=1S/C9H20BrNO/c1-3-4-5-6-11(2)8-9(12)7-10/h9,12H,3-8H2,1-2H3. The van der Waals surface area contributed by atoms with Gasteiger partial charge >= 0.3 is 0 Å². The first-order valence-electron chi connectivity index (χ1n) is 4.63. The number of aliphatic hydroxyl groups excluding tert-OH is 1. The minimum absolute atomic E-state index is 0.225. The van der Waals surface area contributed by atoms with Crippen molar-refractivity contribution in [3.8, 4) is 0 Å². The van der Waals surface area contributed by atoms with Crippen molar-refractivity contribution in [3.05, 3.63) is 0 Å². The van der Waals surface area contributed by atoms with Crippen LogP contribution in [0.5, 0.6) is 0 Å². The second-order valence-electron chi connectivity index (χ2n) is 3.28. The van der Waals surface area contributed by atoms with Crippen molar-refractivity contribution in [2.75, 3.05) is 25.5 Å². The highest BCUT2D eigenvalue weighted by molar-refractivity contribution is 9.09. The quantitative estimate of drug-likeness (QED) is 0.540. The van der Waals surface area contributed by atoms with Crippen LogP contribution in [0, 0.1) is 0 Å². The molecule has 0 spiro atoms. The van der Waals surface area contributed by atoms with Gasteiger partial charge < -0.3 is 10.0 Å². The van der Waals surface area contributed by atoms with E-state index in [9.17, 15) is 5.11 Å². The van der Waals surface area contributed by atoms with Gasteiger partial charge in [-0.1, -0.05) is 35.7 Å². The molecule has 0 aromatic heterocycles. The molecular formula is C9H20BrNO. The van der Waals surface area contributed by atoms with Crippen LogP contribution in [-0.4, -0.2) is 41.6 Å². The first-order chi connectivity index (χ1) is 5.70. The summed E-state index contributed by atoms with van der Waals surface area (Å²) in [6, 6.07) is 0. The Hall–Kier alpha value is 0.400. The average molecular weight is 238 g/mol. The maximum atomic E-state index is 9.30. The van der Waals surface area contributed by atoms with Crippen LogP contribution >= 0.6 is 15.9 Å². The predicted octanol–water partition coefficient (Wildman–Crippen LogP) is 1.86. The zero-order chi connectivity index (χ0) is 9.40. The van der Waals surface area contributed by atoms with Gasteiger partial charge in [-0.15, -0.1) is 0 Å². The lowest BCUT2D eigenvalue weighted by atomic mass is 10.2. The van der Waals surface area contributed by atoms with Gasteiger partial charge in [0.25, 0.3) is 0 Å². The zero-order valence-corrected chi connectivity index (χ0v) is 9.68. The van der Waals surface area contributed by atoms with Crippen molar-refractivity contribution in [3.63, 3.8) is 0 Å². The van der Waals surface area contributed by atoms with Gasteiger partial charge in [-0.05, 0) is 20.0 Å². The van der Waals surface area contributed by atoms with Crippen molar-refractivity contribution < 1.29 is 5.11 Å². The maximum absolute atomic E-state index is 9.30. The molecule has 1 unspecified atom stereocenters. The fourth-order valence-corrected chi connectivity index (χ4v) is 1.34. The number of unbranched alkanes of at least 4 members (excludes halogenated alkanes) is 2. The summed E-state index contributed by atoms with van der Waals surface area (Å²) in [5.41, 5.74) is 0. The Kier molecular flexibility index (Phi) is 8.29. The Morgan fingerprint density at radius 3 is 2.58 bits per heavy atom. The molecule has 74 valence electrons. The molecule has 0 bridgehead atoms. The van der Waals surface area contributed by atoms with Crippen molar-refractivity contribution in [2.24, 2.45) is 0 Å². The van der Waals surface area contributed by atoms with Gasteiger partial charge in [0, 0.05) is 11.9 Å². The topological polar surface area (TPSA) is 23.5 Å². The van der Waals surface area contributed by atoms with E-state index in [-0.39, 0.29) is 6.10 Å². The third kappa shape index (κ3) is 7.07. The second kappa shape index (κ2) is 8.02. The number of hydrogen-bond acceptors (Lipinski definition) is 2. The van der Waals surface area contributed by atoms with E-state index in [0.29, 0.717) is 5.33 Å². The molecule has 0 fully saturated rings. The van der Waals surface area contributed by atoms with Gasteiger partial charge in [-0.3, -0.25) is 0 Å². The molecular weight excluding hydrogens is 218 g/mol. The molecule has 0 heterocycles. The lowest BCUT2D eigenvalue weighted by Crippen LogP contribution is -2.30. The van der Waals surface area contributed by atoms with Crippen molar-refractivity contribution >= 4 is 15.9 Å². The monoisotopic (exact) mass is 237 g/mol. The van der Waals surface area contributed by atoms with Crippen LogP contribution in [0.3, 0.4) is 0 Å². The van der Waals surface area contributed by atoms with E-state index in [1.807, 2.05) is 0 Å².